The zero-order chi connectivity index (χ0) is 12.5. The van der Waals surface area contributed by atoms with Gasteiger partial charge in [-0.05, 0) is 23.6 Å². The Labute approximate surface area is 107 Å². The Balaban J connectivity index is 1.99. The summed E-state index contributed by atoms with van der Waals surface area (Å²) in [5.41, 5.74) is 4.27. The lowest BCUT2D eigenvalue weighted by atomic mass is 9.91. The van der Waals surface area contributed by atoms with Gasteiger partial charge in [0.05, 0.1) is 6.61 Å². The zero-order valence-corrected chi connectivity index (χ0v) is 10.3. The molecule has 0 saturated carbocycles. The van der Waals surface area contributed by atoms with E-state index in [0.717, 1.165) is 16.7 Å². The number of aliphatic hydroxyl groups excluding tert-OH is 1. The average molecular weight is 240 g/mol. The minimum absolute atomic E-state index is 0.263. The smallest absolute Gasteiger partial charge is 0.113 e. The average Bonchev–Trinajstić information content (AvgIpc) is 2.41. The van der Waals surface area contributed by atoms with Crippen molar-refractivity contribution in [2.75, 3.05) is 0 Å². The molecule has 0 spiro atoms. The normalized spacial score (nSPS) is 22.6. The van der Waals surface area contributed by atoms with Gasteiger partial charge in [0.25, 0.3) is 0 Å². The molecule has 1 heterocycles. The molecule has 2 heteroatoms. The van der Waals surface area contributed by atoms with E-state index in [2.05, 4.69) is 12.1 Å². The molecule has 0 bridgehead atoms. The topological polar surface area (TPSA) is 29.5 Å². The van der Waals surface area contributed by atoms with E-state index in [0.29, 0.717) is 6.61 Å². The van der Waals surface area contributed by atoms with Gasteiger partial charge in [-0.2, -0.15) is 0 Å². The predicted molar refractivity (Wildman–Crippen MR) is 70.1 cm³/mol. The number of aliphatic hydroxyl groups is 1. The predicted octanol–water partition coefficient (Wildman–Crippen LogP) is 3.30. The van der Waals surface area contributed by atoms with E-state index in [1.54, 1.807) is 0 Å². The second kappa shape index (κ2) is 4.56. The number of rotatable bonds is 1. The van der Waals surface area contributed by atoms with Crippen LogP contribution in [0.1, 0.15) is 34.5 Å². The molecule has 2 unspecified atom stereocenters. The first-order chi connectivity index (χ1) is 8.75. The van der Waals surface area contributed by atoms with Crippen LogP contribution in [0.25, 0.3) is 0 Å². The molecule has 0 aromatic heterocycles. The summed E-state index contributed by atoms with van der Waals surface area (Å²) in [6.07, 6.45) is -0.850. The summed E-state index contributed by atoms with van der Waals surface area (Å²) >= 11 is 0. The number of hydrogen-bond acceptors (Lipinski definition) is 2. The van der Waals surface area contributed by atoms with Crippen LogP contribution < -0.4 is 0 Å². The van der Waals surface area contributed by atoms with Crippen molar-refractivity contribution in [3.8, 4) is 0 Å². The number of benzene rings is 2. The molecule has 1 aliphatic rings. The second-order valence-corrected chi connectivity index (χ2v) is 4.79. The molecule has 1 N–H and O–H groups in total. The lowest BCUT2D eigenvalue weighted by Crippen LogP contribution is -2.21. The van der Waals surface area contributed by atoms with Gasteiger partial charge in [0.2, 0.25) is 0 Å². The Morgan fingerprint density at radius 1 is 1.11 bits per heavy atom. The van der Waals surface area contributed by atoms with E-state index >= 15 is 0 Å². The van der Waals surface area contributed by atoms with Crippen molar-refractivity contribution in [2.45, 2.75) is 25.7 Å². The van der Waals surface area contributed by atoms with Crippen LogP contribution in [0.4, 0.5) is 0 Å². The zero-order valence-electron chi connectivity index (χ0n) is 10.3. The van der Waals surface area contributed by atoms with Crippen LogP contribution in [-0.2, 0) is 11.3 Å². The summed E-state index contributed by atoms with van der Waals surface area (Å²) in [4.78, 5) is 0. The minimum Gasteiger partial charge on any atom is -0.385 e. The van der Waals surface area contributed by atoms with E-state index in [1.165, 1.54) is 5.56 Å². The van der Waals surface area contributed by atoms with E-state index in [9.17, 15) is 5.11 Å². The third-order valence-corrected chi connectivity index (χ3v) is 3.45. The number of hydrogen-bond donors (Lipinski definition) is 1. The quantitative estimate of drug-likeness (QED) is 0.828. The molecule has 18 heavy (non-hydrogen) atoms. The van der Waals surface area contributed by atoms with Gasteiger partial charge in [-0.25, -0.2) is 0 Å². The summed E-state index contributed by atoms with van der Waals surface area (Å²) in [6.45, 7) is 2.60. The van der Waals surface area contributed by atoms with Crippen LogP contribution >= 0.6 is 0 Å². The van der Waals surface area contributed by atoms with Crippen LogP contribution in [0, 0.1) is 6.92 Å². The van der Waals surface area contributed by atoms with Gasteiger partial charge < -0.3 is 9.84 Å². The van der Waals surface area contributed by atoms with Crippen LogP contribution in [0.5, 0.6) is 0 Å². The van der Waals surface area contributed by atoms with Crippen molar-refractivity contribution >= 4 is 0 Å². The highest BCUT2D eigenvalue weighted by atomic mass is 16.5. The molecule has 0 amide bonds. The Kier molecular flexibility index (Phi) is 2.90. The standard InChI is InChI=1S/C16H16O2/c1-11-7-8-13-10-18-16(15(17)14(13)9-11)12-5-3-2-4-6-12/h2-9,15-17H,10H2,1H3. The number of fused-ring (bicyclic) bond motifs is 1. The van der Waals surface area contributed by atoms with Crippen molar-refractivity contribution in [1.29, 1.82) is 0 Å². The highest BCUT2D eigenvalue weighted by Gasteiger charge is 2.29. The third-order valence-electron chi connectivity index (χ3n) is 3.45. The highest BCUT2D eigenvalue weighted by molar-refractivity contribution is 5.36. The van der Waals surface area contributed by atoms with Gasteiger partial charge in [-0.15, -0.1) is 0 Å². The molecule has 3 rings (SSSR count). The van der Waals surface area contributed by atoms with Gasteiger partial charge >= 0.3 is 0 Å². The summed E-state index contributed by atoms with van der Waals surface area (Å²) in [7, 11) is 0. The third kappa shape index (κ3) is 1.94. The van der Waals surface area contributed by atoms with Crippen LogP contribution in [0.3, 0.4) is 0 Å². The van der Waals surface area contributed by atoms with Gasteiger partial charge in [0.15, 0.2) is 0 Å². The van der Waals surface area contributed by atoms with Crippen LogP contribution in [0.15, 0.2) is 48.5 Å². The molecule has 2 nitrogen and oxygen atoms in total. The van der Waals surface area contributed by atoms with Gasteiger partial charge in [-0.1, -0.05) is 54.1 Å². The summed E-state index contributed by atoms with van der Waals surface area (Å²) < 4.78 is 5.79. The molecular formula is C16H16O2. The van der Waals surface area contributed by atoms with Gasteiger partial charge in [-0.3, -0.25) is 0 Å². The van der Waals surface area contributed by atoms with Crippen molar-refractivity contribution < 1.29 is 9.84 Å². The second-order valence-electron chi connectivity index (χ2n) is 4.79. The van der Waals surface area contributed by atoms with E-state index < -0.39 is 6.10 Å². The summed E-state index contributed by atoms with van der Waals surface area (Å²) in [5.74, 6) is 0. The Morgan fingerprint density at radius 3 is 2.67 bits per heavy atom. The first kappa shape index (κ1) is 11.5. The summed E-state index contributed by atoms with van der Waals surface area (Å²) in [6, 6.07) is 16.0. The van der Waals surface area contributed by atoms with Crippen molar-refractivity contribution in [1.82, 2.24) is 0 Å². The summed E-state index contributed by atoms with van der Waals surface area (Å²) in [5, 5.41) is 10.5. The van der Waals surface area contributed by atoms with Gasteiger partial charge in [0.1, 0.15) is 12.2 Å². The maximum Gasteiger partial charge on any atom is 0.113 e. The fourth-order valence-corrected chi connectivity index (χ4v) is 2.48. The monoisotopic (exact) mass is 240 g/mol. The largest absolute Gasteiger partial charge is 0.385 e. The van der Waals surface area contributed by atoms with Crippen molar-refractivity contribution in [3.63, 3.8) is 0 Å². The molecule has 2 aromatic rings. The molecule has 2 atom stereocenters. The Hall–Kier alpha value is -1.64. The molecule has 2 aromatic carbocycles. The first-order valence-corrected chi connectivity index (χ1v) is 6.20. The number of ether oxygens (including phenoxy) is 1. The number of aryl methyl sites for hydroxylation is 1. The SMILES string of the molecule is Cc1ccc2c(c1)C(O)C(c1ccccc1)OC2. The molecule has 0 aliphatic carbocycles. The molecular weight excluding hydrogens is 224 g/mol. The van der Waals surface area contributed by atoms with E-state index in [-0.39, 0.29) is 6.10 Å². The first-order valence-electron chi connectivity index (χ1n) is 6.20. The lowest BCUT2D eigenvalue weighted by Gasteiger charge is -2.31. The Bertz CT molecular complexity index is 548. The minimum atomic E-state index is -0.587. The fraction of sp³-hybridized carbons (Fsp3) is 0.250. The van der Waals surface area contributed by atoms with Crippen molar-refractivity contribution in [2.24, 2.45) is 0 Å². The van der Waals surface area contributed by atoms with Crippen LogP contribution in [-0.4, -0.2) is 5.11 Å². The van der Waals surface area contributed by atoms with E-state index in [1.807, 2.05) is 43.3 Å². The molecule has 0 radical (unpaired) electrons. The van der Waals surface area contributed by atoms with E-state index in [4.69, 9.17) is 4.74 Å². The molecule has 1 aliphatic heterocycles. The molecule has 0 fully saturated rings. The molecule has 0 saturated heterocycles. The lowest BCUT2D eigenvalue weighted by molar-refractivity contribution is -0.0656. The highest BCUT2D eigenvalue weighted by Crippen LogP contribution is 2.38. The van der Waals surface area contributed by atoms with Crippen LogP contribution in [0.2, 0.25) is 0 Å². The van der Waals surface area contributed by atoms with Gasteiger partial charge in [0, 0.05) is 0 Å². The maximum absolute atomic E-state index is 10.5. The fourth-order valence-electron chi connectivity index (χ4n) is 2.48. The maximum atomic E-state index is 10.5. The molecule has 92 valence electrons. The Morgan fingerprint density at radius 2 is 1.89 bits per heavy atom. The van der Waals surface area contributed by atoms with Crippen molar-refractivity contribution in [3.05, 3.63) is 70.8 Å².